The molecule has 0 radical (unpaired) electrons. The first-order chi connectivity index (χ1) is 22.7. The van der Waals surface area contributed by atoms with Crippen LogP contribution >= 0.6 is 0 Å². The minimum absolute atomic E-state index is 0.0398. The second-order valence-corrected chi connectivity index (χ2v) is 11.4. The molecule has 1 amide bonds. The molecule has 0 bridgehead atoms. The smallest absolute Gasteiger partial charge is 0.323 e. The zero-order valence-electron chi connectivity index (χ0n) is 26.4. The molecular weight excluding hydrogens is 602 g/mol. The molecule has 0 saturated carbocycles. The molecule has 3 N–H and O–H groups in total. The molecule has 0 fully saturated rings. The Morgan fingerprint density at radius 3 is 2.02 bits per heavy atom. The van der Waals surface area contributed by atoms with E-state index in [9.17, 15) is 35.2 Å². The van der Waals surface area contributed by atoms with Gasteiger partial charge in [0.2, 0.25) is 5.75 Å². The van der Waals surface area contributed by atoms with E-state index in [1.54, 1.807) is 54.6 Å². The quantitative estimate of drug-likeness (QED) is 0.0443. The lowest BCUT2D eigenvalue weighted by molar-refractivity contribution is -0.396. The Morgan fingerprint density at radius 1 is 0.766 bits per heavy atom. The number of unbranched alkanes of at least 4 members (excludes halogenated alkanes) is 9. The van der Waals surface area contributed by atoms with Crippen molar-refractivity contribution in [3.8, 4) is 11.5 Å². The molecule has 0 spiro atoms. The average molecular weight is 642 g/mol. The predicted octanol–water partition coefficient (Wildman–Crippen LogP) is 10.2. The third-order valence-corrected chi connectivity index (χ3v) is 8.02. The number of amides is 1. The van der Waals surface area contributed by atoms with Crippen molar-refractivity contribution in [2.24, 2.45) is 10.2 Å². The van der Waals surface area contributed by atoms with Crippen LogP contribution in [-0.2, 0) is 6.42 Å². The lowest BCUT2D eigenvalue weighted by Crippen LogP contribution is -2.12. The first-order valence-corrected chi connectivity index (χ1v) is 15.9. The van der Waals surface area contributed by atoms with Crippen LogP contribution in [0.4, 0.5) is 28.4 Å². The van der Waals surface area contributed by atoms with Gasteiger partial charge < -0.3 is 15.5 Å². The van der Waals surface area contributed by atoms with Gasteiger partial charge in [0.05, 0.1) is 15.4 Å². The van der Waals surface area contributed by atoms with Crippen molar-refractivity contribution >= 4 is 45.1 Å². The summed E-state index contributed by atoms with van der Waals surface area (Å²) >= 11 is 0. The van der Waals surface area contributed by atoms with E-state index < -0.39 is 44.3 Å². The molecule has 0 unspecified atom stereocenters. The minimum Gasteiger partial charge on any atom is -0.505 e. The highest BCUT2D eigenvalue weighted by Gasteiger charge is 2.32. The van der Waals surface area contributed by atoms with Gasteiger partial charge in [0, 0.05) is 17.1 Å². The molecule has 4 aromatic carbocycles. The molecule has 0 aliphatic rings. The number of benzene rings is 4. The van der Waals surface area contributed by atoms with E-state index in [1.165, 1.54) is 38.2 Å². The molecule has 0 aliphatic heterocycles. The highest BCUT2D eigenvalue weighted by atomic mass is 16.6. The summed E-state index contributed by atoms with van der Waals surface area (Å²) in [5.41, 5.74) is -1.81. The van der Waals surface area contributed by atoms with Crippen LogP contribution in [0.25, 0.3) is 10.8 Å². The molecular formula is C35H39N5O7. The summed E-state index contributed by atoms with van der Waals surface area (Å²) in [6.45, 7) is 2.18. The summed E-state index contributed by atoms with van der Waals surface area (Å²) in [6.07, 6.45) is 10.4. The molecule has 0 aromatic heterocycles. The topological polar surface area (TPSA) is 181 Å². The molecule has 4 rings (SSSR count). The largest absolute Gasteiger partial charge is 0.505 e. The van der Waals surface area contributed by atoms with E-state index >= 15 is 0 Å². The van der Waals surface area contributed by atoms with Gasteiger partial charge >= 0.3 is 5.69 Å². The van der Waals surface area contributed by atoms with Crippen LogP contribution < -0.4 is 5.32 Å². The number of nitrogens with one attached hydrogen (secondary N) is 1. The molecule has 4 aromatic rings. The van der Waals surface area contributed by atoms with Gasteiger partial charge in [-0.3, -0.25) is 25.0 Å². The van der Waals surface area contributed by atoms with Crippen LogP contribution in [0.1, 0.15) is 87.1 Å². The number of azo groups is 1. The molecule has 12 heteroatoms. The fraction of sp³-hybridized carbons (Fsp3) is 0.343. The van der Waals surface area contributed by atoms with E-state index in [-0.39, 0.29) is 23.2 Å². The number of rotatable bonds is 17. The number of phenols is 2. The average Bonchev–Trinajstić information content (AvgIpc) is 3.05. The minimum atomic E-state index is -0.867. The van der Waals surface area contributed by atoms with Crippen LogP contribution in [0.2, 0.25) is 0 Å². The number of phenolic OH excluding ortho intramolecular Hbond substituents is 2. The normalized spacial score (nSPS) is 11.3. The Kier molecular flexibility index (Phi) is 12.3. The van der Waals surface area contributed by atoms with Crippen molar-refractivity contribution < 1.29 is 24.9 Å². The van der Waals surface area contributed by atoms with Gasteiger partial charge in [-0.25, -0.2) is 0 Å². The van der Waals surface area contributed by atoms with Crippen molar-refractivity contribution in [2.45, 2.75) is 77.6 Å². The van der Waals surface area contributed by atoms with E-state index in [4.69, 9.17) is 0 Å². The molecule has 0 saturated heterocycles. The predicted molar refractivity (Wildman–Crippen MR) is 181 cm³/mol. The summed E-state index contributed by atoms with van der Waals surface area (Å²) in [5, 5.41) is 57.8. The Hall–Kier alpha value is -5.39. The number of anilines is 1. The number of carbonyl (C=O) groups excluding carboxylic acids is 1. The number of aromatic hydroxyl groups is 2. The van der Waals surface area contributed by atoms with Gasteiger partial charge in [0.25, 0.3) is 11.6 Å². The first kappa shape index (κ1) is 34.5. The van der Waals surface area contributed by atoms with Crippen LogP contribution in [0.5, 0.6) is 11.5 Å². The van der Waals surface area contributed by atoms with Crippen molar-refractivity contribution in [3.05, 3.63) is 98.1 Å². The number of para-hydroxylation sites is 1. The Balaban J connectivity index is 1.61. The summed E-state index contributed by atoms with van der Waals surface area (Å²) in [4.78, 5) is 35.7. The Labute approximate surface area is 272 Å². The number of hydrogen-bond acceptors (Lipinski definition) is 9. The standard InChI is InChI=1S/C35H39N5O7/c1-2-3-4-5-6-7-8-9-10-14-21-27-30(39(44)45)23-29(34(42)32(27)40(46)47)37-38-31-26-20-16-15-17-24(26)22-28(33(31)41)35(43)36-25-18-12-11-13-19-25/h11-13,15-20,22-23,41-42H,2-10,14,21H2,1H3,(H,36,43). The highest BCUT2D eigenvalue weighted by Crippen LogP contribution is 2.46. The summed E-state index contributed by atoms with van der Waals surface area (Å²) in [7, 11) is 0. The van der Waals surface area contributed by atoms with E-state index in [2.05, 4.69) is 22.5 Å². The van der Waals surface area contributed by atoms with Crippen molar-refractivity contribution in [1.82, 2.24) is 0 Å². The van der Waals surface area contributed by atoms with Crippen LogP contribution in [0, 0.1) is 20.2 Å². The molecule has 0 heterocycles. The number of nitro groups is 2. The number of fused-ring (bicyclic) bond motifs is 1. The van der Waals surface area contributed by atoms with Crippen molar-refractivity contribution in [3.63, 3.8) is 0 Å². The zero-order chi connectivity index (χ0) is 33.8. The summed E-state index contributed by atoms with van der Waals surface area (Å²) in [5.74, 6) is -2.02. The summed E-state index contributed by atoms with van der Waals surface area (Å²) in [6, 6.07) is 17.8. The lowest BCUT2D eigenvalue weighted by atomic mass is 10.00. The number of nitro benzene ring substituents is 2. The van der Waals surface area contributed by atoms with Gasteiger partial charge in [0.15, 0.2) is 5.75 Å². The first-order valence-electron chi connectivity index (χ1n) is 15.9. The van der Waals surface area contributed by atoms with E-state index in [0.717, 1.165) is 31.7 Å². The Morgan fingerprint density at radius 2 is 1.38 bits per heavy atom. The van der Waals surface area contributed by atoms with E-state index in [0.29, 0.717) is 22.9 Å². The van der Waals surface area contributed by atoms with Gasteiger partial charge in [-0.2, -0.15) is 0 Å². The molecule has 47 heavy (non-hydrogen) atoms. The lowest BCUT2D eigenvalue weighted by Gasteiger charge is -2.11. The fourth-order valence-electron chi connectivity index (χ4n) is 5.56. The maximum atomic E-state index is 13.1. The number of hydrogen-bond donors (Lipinski definition) is 3. The second kappa shape index (κ2) is 16.8. The van der Waals surface area contributed by atoms with Gasteiger partial charge in [-0.1, -0.05) is 107 Å². The van der Waals surface area contributed by atoms with Crippen LogP contribution in [0.15, 0.2) is 77.0 Å². The van der Waals surface area contributed by atoms with Gasteiger partial charge in [-0.15, -0.1) is 10.2 Å². The monoisotopic (exact) mass is 641 g/mol. The Bertz CT molecular complexity index is 1760. The molecule has 0 atom stereocenters. The van der Waals surface area contributed by atoms with Crippen LogP contribution in [0.3, 0.4) is 0 Å². The van der Waals surface area contributed by atoms with Gasteiger partial charge in [-0.05, 0) is 36.4 Å². The maximum absolute atomic E-state index is 13.1. The highest BCUT2D eigenvalue weighted by molar-refractivity contribution is 6.11. The summed E-state index contributed by atoms with van der Waals surface area (Å²) < 4.78 is 0. The van der Waals surface area contributed by atoms with Crippen molar-refractivity contribution in [2.75, 3.05) is 5.32 Å². The third kappa shape index (κ3) is 8.87. The van der Waals surface area contributed by atoms with Crippen LogP contribution in [-0.4, -0.2) is 26.0 Å². The third-order valence-electron chi connectivity index (χ3n) is 8.02. The molecule has 0 aliphatic carbocycles. The number of carbonyl (C=O) groups is 1. The SMILES string of the molecule is CCCCCCCCCCCCc1c([N+](=O)[O-])cc(N=Nc2c(O)c(C(=O)Nc3ccccc3)cc3ccccc23)c(O)c1[N+](=O)[O-]. The zero-order valence-corrected chi connectivity index (χ0v) is 26.4. The second-order valence-electron chi connectivity index (χ2n) is 11.4. The molecule has 246 valence electrons. The molecule has 12 nitrogen and oxygen atoms in total. The van der Waals surface area contributed by atoms with E-state index in [1.807, 2.05) is 0 Å². The van der Waals surface area contributed by atoms with Gasteiger partial charge in [0.1, 0.15) is 16.9 Å². The number of nitrogens with zero attached hydrogens (tertiary/aromatic N) is 4. The fourth-order valence-corrected chi connectivity index (χ4v) is 5.56. The van der Waals surface area contributed by atoms with Crippen molar-refractivity contribution in [1.29, 1.82) is 0 Å². The maximum Gasteiger partial charge on any atom is 0.323 e.